The number of carbonyl (C=O) groups excluding carboxylic acids is 3. The minimum atomic E-state index is -0.818. The summed E-state index contributed by atoms with van der Waals surface area (Å²) in [5.74, 6) is -0.290. The van der Waals surface area contributed by atoms with Gasteiger partial charge in [0, 0.05) is 9.50 Å². The highest BCUT2D eigenvalue weighted by molar-refractivity contribution is 9.10. The van der Waals surface area contributed by atoms with Crippen molar-refractivity contribution in [3.05, 3.63) is 129 Å². The number of urea groups is 1. The number of ether oxygens (including phenoxy) is 2. The van der Waals surface area contributed by atoms with E-state index in [1.807, 2.05) is 36.4 Å². The molecule has 9 heteroatoms. The topological polar surface area (TPSA) is 84.9 Å². The zero-order valence-corrected chi connectivity index (χ0v) is 23.3. The first-order chi connectivity index (χ1) is 19.4. The average molecular weight is 618 g/mol. The van der Waals surface area contributed by atoms with E-state index in [2.05, 4.69) is 21.2 Å². The van der Waals surface area contributed by atoms with E-state index in [1.165, 1.54) is 6.08 Å². The van der Waals surface area contributed by atoms with Gasteiger partial charge in [-0.2, -0.15) is 0 Å². The molecule has 0 aromatic heterocycles. The molecular weight excluding hydrogens is 596 g/mol. The maximum absolute atomic E-state index is 13.2. The Labute approximate surface area is 244 Å². The molecule has 1 saturated heterocycles. The zero-order valence-electron chi connectivity index (χ0n) is 21.0. The lowest BCUT2D eigenvalue weighted by molar-refractivity contribution is -0.122. The van der Waals surface area contributed by atoms with Gasteiger partial charge in [0.25, 0.3) is 11.8 Å². The summed E-state index contributed by atoms with van der Waals surface area (Å²) in [5.41, 5.74) is 2.71. The third-order valence-corrected chi connectivity index (χ3v) is 6.81. The highest BCUT2D eigenvalue weighted by Crippen LogP contribution is 2.25. The fourth-order valence-corrected chi connectivity index (χ4v) is 4.30. The van der Waals surface area contributed by atoms with Gasteiger partial charge in [-0.05, 0) is 83.4 Å². The van der Waals surface area contributed by atoms with Crippen molar-refractivity contribution in [1.29, 1.82) is 0 Å². The Kier molecular flexibility index (Phi) is 8.28. The third kappa shape index (κ3) is 6.59. The molecule has 0 radical (unpaired) electrons. The number of hydrogen-bond donors (Lipinski definition) is 1. The summed E-state index contributed by atoms with van der Waals surface area (Å²) in [4.78, 5) is 39.3. The standard InChI is InChI=1S/C31H22BrClN2O5/c32-23-7-1-21(2-8-23)18-40-27-15-11-25(12-16-27)35-30(37)28(29(36)34-31(35)38)17-20-5-13-26(14-6-20)39-19-22-3-9-24(33)10-4-22/h1-17H,18-19H2,(H,34,36,38)/b28-17+. The normalized spacial score (nSPS) is 14.3. The summed E-state index contributed by atoms with van der Waals surface area (Å²) >= 11 is 9.31. The Hall–Kier alpha value is -4.40. The van der Waals surface area contributed by atoms with Crippen LogP contribution in [0.5, 0.6) is 11.5 Å². The van der Waals surface area contributed by atoms with Crippen molar-refractivity contribution >= 4 is 57.1 Å². The van der Waals surface area contributed by atoms with Gasteiger partial charge >= 0.3 is 6.03 Å². The minimum absolute atomic E-state index is 0.162. The maximum Gasteiger partial charge on any atom is 0.335 e. The Morgan fingerprint density at radius 2 is 1.25 bits per heavy atom. The molecule has 1 fully saturated rings. The molecule has 4 amide bonds. The van der Waals surface area contributed by atoms with Gasteiger partial charge in [-0.3, -0.25) is 14.9 Å². The van der Waals surface area contributed by atoms with Crippen molar-refractivity contribution in [2.45, 2.75) is 13.2 Å². The van der Waals surface area contributed by atoms with Crippen LogP contribution in [0.25, 0.3) is 6.08 Å². The van der Waals surface area contributed by atoms with Gasteiger partial charge in [0.1, 0.15) is 30.3 Å². The summed E-state index contributed by atoms with van der Waals surface area (Å²) in [6, 6.07) is 27.7. The van der Waals surface area contributed by atoms with Crippen LogP contribution < -0.4 is 19.7 Å². The molecule has 5 rings (SSSR count). The molecule has 0 saturated carbocycles. The van der Waals surface area contributed by atoms with Gasteiger partial charge in [0.05, 0.1) is 5.69 Å². The average Bonchev–Trinajstić information content (AvgIpc) is 2.96. The maximum atomic E-state index is 13.2. The fraction of sp³-hybridized carbons (Fsp3) is 0.0645. The number of imide groups is 2. The highest BCUT2D eigenvalue weighted by Gasteiger charge is 2.36. The largest absolute Gasteiger partial charge is 0.489 e. The number of halogens is 2. The fourth-order valence-electron chi connectivity index (χ4n) is 3.90. The van der Waals surface area contributed by atoms with Crippen LogP contribution in [0.4, 0.5) is 10.5 Å². The number of carbonyl (C=O) groups is 3. The van der Waals surface area contributed by atoms with E-state index in [1.54, 1.807) is 60.7 Å². The van der Waals surface area contributed by atoms with Crippen LogP contribution in [0.2, 0.25) is 5.02 Å². The summed E-state index contributed by atoms with van der Waals surface area (Å²) in [6.45, 7) is 0.728. The van der Waals surface area contributed by atoms with Crippen molar-refractivity contribution in [2.75, 3.05) is 4.90 Å². The van der Waals surface area contributed by atoms with Gasteiger partial charge in [-0.1, -0.05) is 63.9 Å². The predicted molar refractivity (Wildman–Crippen MR) is 156 cm³/mol. The molecule has 1 aliphatic heterocycles. The molecule has 1 heterocycles. The molecule has 0 unspecified atom stereocenters. The van der Waals surface area contributed by atoms with Crippen molar-refractivity contribution in [3.8, 4) is 11.5 Å². The number of nitrogens with zero attached hydrogens (tertiary/aromatic N) is 1. The molecular formula is C31H22BrClN2O5. The molecule has 0 atom stereocenters. The molecule has 7 nitrogen and oxygen atoms in total. The molecule has 0 bridgehead atoms. The van der Waals surface area contributed by atoms with Crippen LogP contribution in [0.3, 0.4) is 0 Å². The van der Waals surface area contributed by atoms with E-state index in [0.29, 0.717) is 41.0 Å². The molecule has 4 aromatic rings. The minimum Gasteiger partial charge on any atom is -0.489 e. The number of anilines is 1. The molecule has 0 aliphatic carbocycles. The summed E-state index contributed by atoms with van der Waals surface area (Å²) in [7, 11) is 0. The number of barbiturate groups is 1. The van der Waals surface area contributed by atoms with Crippen molar-refractivity contribution < 1.29 is 23.9 Å². The summed E-state index contributed by atoms with van der Waals surface area (Å²) in [6.07, 6.45) is 1.44. The van der Waals surface area contributed by atoms with E-state index < -0.39 is 17.8 Å². The van der Waals surface area contributed by atoms with Crippen LogP contribution in [-0.4, -0.2) is 17.8 Å². The lowest BCUT2D eigenvalue weighted by atomic mass is 10.1. The zero-order chi connectivity index (χ0) is 28.1. The molecule has 1 N–H and O–H groups in total. The second-order valence-corrected chi connectivity index (χ2v) is 10.2. The third-order valence-electron chi connectivity index (χ3n) is 6.03. The Morgan fingerprint density at radius 3 is 1.82 bits per heavy atom. The van der Waals surface area contributed by atoms with E-state index >= 15 is 0 Å². The number of rotatable bonds is 8. The van der Waals surface area contributed by atoms with Gasteiger partial charge in [-0.25, -0.2) is 9.69 Å². The van der Waals surface area contributed by atoms with E-state index in [0.717, 1.165) is 20.5 Å². The Morgan fingerprint density at radius 1 is 0.725 bits per heavy atom. The SMILES string of the molecule is O=C1NC(=O)N(c2ccc(OCc3ccc(Br)cc3)cc2)C(=O)/C1=C/c1ccc(OCc2ccc(Cl)cc2)cc1. The predicted octanol–water partition coefficient (Wildman–Crippen LogP) is 6.93. The van der Waals surface area contributed by atoms with Gasteiger partial charge < -0.3 is 9.47 Å². The first-order valence-corrected chi connectivity index (χ1v) is 13.4. The monoisotopic (exact) mass is 616 g/mol. The Balaban J connectivity index is 1.25. The highest BCUT2D eigenvalue weighted by atomic mass is 79.9. The second kappa shape index (κ2) is 12.2. The van der Waals surface area contributed by atoms with Crippen LogP contribution in [-0.2, 0) is 22.8 Å². The lowest BCUT2D eigenvalue weighted by Gasteiger charge is -2.26. The van der Waals surface area contributed by atoms with Gasteiger partial charge in [-0.15, -0.1) is 0 Å². The van der Waals surface area contributed by atoms with Crippen LogP contribution in [0, 0.1) is 0 Å². The van der Waals surface area contributed by atoms with Gasteiger partial charge in [0.15, 0.2) is 0 Å². The van der Waals surface area contributed by atoms with E-state index in [4.69, 9.17) is 21.1 Å². The van der Waals surface area contributed by atoms with E-state index in [-0.39, 0.29) is 5.57 Å². The number of nitrogens with one attached hydrogen (secondary N) is 1. The number of amides is 4. The summed E-state index contributed by atoms with van der Waals surface area (Å²) < 4.78 is 12.6. The lowest BCUT2D eigenvalue weighted by Crippen LogP contribution is -2.54. The van der Waals surface area contributed by atoms with Crippen molar-refractivity contribution in [3.63, 3.8) is 0 Å². The summed E-state index contributed by atoms with van der Waals surface area (Å²) in [5, 5.41) is 2.89. The molecule has 1 aliphatic rings. The first kappa shape index (κ1) is 27.2. The van der Waals surface area contributed by atoms with E-state index in [9.17, 15) is 14.4 Å². The molecule has 0 spiro atoms. The molecule has 4 aromatic carbocycles. The van der Waals surface area contributed by atoms with Crippen LogP contribution >= 0.6 is 27.5 Å². The quantitative estimate of drug-likeness (QED) is 0.171. The van der Waals surface area contributed by atoms with Gasteiger partial charge in [0.2, 0.25) is 0 Å². The second-order valence-electron chi connectivity index (χ2n) is 8.85. The van der Waals surface area contributed by atoms with Crippen LogP contribution in [0.15, 0.2) is 107 Å². The first-order valence-electron chi connectivity index (χ1n) is 12.2. The van der Waals surface area contributed by atoms with Crippen LogP contribution in [0.1, 0.15) is 16.7 Å². The van der Waals surface area contributed by atoms with Crippen molar-refractivity contribution in [2.24, 2.45) is 0 Å². The molecule has 40 heavy (non-hydrogen) atoms. The Bertz CT molecular complexity index is 1570. The molecule has 200 valence electrons. The number of hydrogen-bond acceptors (Lipinski definition) is 5. The smallest absolute Gasteiger partial charge is 0.335 e. The van der Waals surface area contributed by atoms with Crippen molar-refractivity contribution in [1.82, 2.24) is 5.32 Å². The number of benzene rings is 4.